The van der Waals surface area contributed by atoms with Gasteiger partial charge in [-0.2, -0.15) is 0 Å². The fourth-order valence-electron chi connectivity index (χ4n) is 3.93. The molecule has 1 saturated carbocycles. The Bertz CT molecular complexity index is 1140. The Morgan fingerprint density at radius 2 is 1.87 bits per heavy atom. The molecule has 2 aromatic heterocycles. The summed E-state index contributed by atoms with van der Waals surface area (Å²) >= 11 is 0. The quantitative estimate of drug-likeness (QED) is 0.660. The number of amides is 1. The highest BCUT2D eigenvalue weighted by molar-refractivity contribution is 5.73. The molecule has 4 rings (SSSR count). The summed E-state index contributed by atoms with van der Waals surface area (Å²) in [7, 11) is 0. The molecule has 0 atom stereocenters. The molecule has 7 nitrogen and oxygen atoms in total. The van der Waals surface area contributed by atoms with E-state index in [0.717, 1.165) is 31.9 Å². The van der Waals surface area contributed by atoms with Crippen molar-refractivity contribution in [2.75, 3.05) is 5.32 Å². The van der Waals surface area contributed by atoms with Crippen LogP contribution in [0.4, 0.5) is 10.3 Å². The Balaban J connectivity index is 1.53. The highest BCUT2D eigenvalue weighted by Gasteiger charge is 2.22. The number of anilines is 1. The third kappa shape index (κ3) is 4.96. The van der Waals surface area contributed by atoms with Gasteiger partial charge < -0.3 is 10.6 Å². The zero-order valence-corrected chi connectivity index (χ0v) is 17.2. The maximum Gasteiger partial charge on any atom is 0.255 e. The van der Waals surface area contributed by atoms with E-state index in [1.54, 1.807) is 42.6 Å². The largest absolute Gasteiger partial charge is 0.354 e. The van der Waals surface area contributed by atoms with Gasteiger partial charge in [-0.15, -0.1) is 0 Å². The molecule has 1 fully saturated rings. The van der Waals surface area contributed by atoms with Crippen LogP contribution in [0.15, 0.2) is 59.7 Å². The third-order valence-electron chi connectivity index (χ3n) is 5.43. The molecular formula is C23H24FN5O2. The van der Waals surface area contributed by atoms with E-state index in [0.29, 0.717) is 17.2 Å². The van der Waals surface area contributed by atoms with Crippen LogP contribution in [0.2, 0.25) is 0 Å². The van der Waals surface area contributed by atoms with Crippen LogP contribution in [0.1, 0.15) is 32.6 Å². The summed E-state index contributed by atoms with van der Waals surface area (Å²) in [6, 6.07) is 12.3. The van der Waals surface area contributed by atoms with E-state index in [1.807, 2.05) is 0 Å². The minimum absolute atomic E-state index is 0.0112. The highest BCUT2D eigenvalue weighted by Crippen LogP contribution is 2.25. The smallest absolute Gasteiger partial charge is 0.255 e. The molecule has 2 N–H and O–H groups in total. The van der Waals surface area contributed by atoms with Gasteiger partial charge in [0.2, 0.25) is 11.9 Å². The predicted molar refractivity (Wildman–Crippen MR) is 117 cm³/mol. The van der Waals surface area contributed by atoms with E-state index in [1.165, 1.54) is 17.6 Å². The van der Waals surface area contributed by atoms with Crippen molar-refractivity contribution >= 4 is 11.9 Å². The summed E-state index contributed by atoms with van der Waals surface area (Å²) in [5, 5.41) is 6.25. The molecule has 160 valence electrons. The van der Waals surface area contributed by atoms with Crippen molar-refractivity contribution in [1.82, 2.24) is 19.9 Å². The van der Waals surface area contributed by atoms with Gasteiger partial charge in [0.15, 0.2) is 5.82 Å². The van der Waals surface area contributed by atoms with E-state index in [-0.39, 0.29) is 29.2 Å². The van der Waals surface area contributed by atoms with Gasteiger partial charge in [0, 0.05) is 42.5 Å². The van der Waals surface area contributed by atoms with Crippen LogP contribution < -0.4 is 16.2 Å². The van der Waals surface area contributed by atoms with Gasteiger partial charge in [0.1, 0.15) is 5.69 Å². The second kappa shape index (κ2) is 9.07. The summed E-state index contributed by atoms with van der Waals surface area (Å²) in [4.78, 5) is 31.8. The number of nitrogens with one attached hydrogen (secondary N) is 2. The second-order valence-corrected chi connectivity index (χ2v) is 7.74. The van der Waals surface area contributed by atoms with Gasteiger partial charge in [-0.1, -0.05) is 18.2 Å². The summed E-state index contributed by atoms with van der Waals surface area (Å²) in [5.74, 6) is -0.179. The second-order valence-electron chi connectivity index (χ2n) is 7.74. The van der Waals surface area contributed by atoms with Gasteiger partial charge in [-0.3, -0.25) is 14.2 Å². The Hall–Kier alpha value is -3.55. The average Bonchev–Trinajstić information content (AvgIpc) is 2.76. The van der Waals surface area contributed by atoms with Crippen LogP contribution in [-0.2, 0) is 4.79 Å². The lowest BCUT2D eigenvalue weighted by molar-refractivity contribution is -0.119. The first kappa shape index (κ1) is 20.7. The van der Waals surface area contributed by atoms with Gasteiger partial charge in [0.25, 0.3) is 5.56 Å². The van der Waals surface area contributed by atoms with Crippen LogP contribution in [0, 0.1) is 5.82 Å². The minimum atomic E-state index is -0.530. The number of benzene rings is 1. The van der Waals surface area contributed by atoms with Crippen molar-refractivity contribution in [3.05, 3.63) is 71.0 Å². The summed E-state index contributed by atoms with van der Waals surface area (Å²) in [5.41, 5.74) is 1.20. The van der Waals surface area contributed by atoms with Gasteiger partial charge >= 0.3 is 0 Å². The van der Waals surface area contributed by atoms with Crippen molar-refractivity contribution in [2.45, 2.75) is 44.7 Å². The van der Waals surface area contributed by atoms with Crippen LogP contribution >= 0.6 is 0 Å². The Morgan fingerprint density at radius 1 is 1.10 bits per heavy atom. The highest BCUT2D eigenvalue weighted by atomic mass is 19.1. The van der Waals surface area contributed by atoms with E-state index in [9.17, 15) is 14.0 Å². The molecule has 0 spiro atoms. The summed E-state index contributed by atoms with van der Waals surface area (Å²) in [6.45, 7) is 1.53. The monoisotopic (exact) mass is 421 g/mol. The lowest BCUT2D eigenvalue weighted by atomic mass is 9.91. The predicted octanol–water partition coefficient (Wildman–Crippen LogP) is 3.29. The van der Waals surface area contributed by atoms with Crippen LogP contribution in [0.25, 0.3) is 16.9 Å². The average molecular weight is 421 g/mol. The SMILES string of the molecule is CC(=O)N[C@H]1CC[C@H](Nc2ncc(F)c(-c3cccc(-n4ccccc4=O)c3)n2)CC1. The van der Waals surface area contributed by atoms with Crippen molar-refractivity contribution < 1.29 is 9.18 Å². The van der Waals surface area contributed by atoms with E-state index in [4.69, 9.17) is 0 Å². The fourth-order valence-corrected chi connectivity index (χ4v) is 3.93. The molecule has 2 heterocycles. The molecule has 0 aliphatic heterocycles. The maximum absolute atomic E-state index is 14.6. The van der Waals surface area contributed by atoms with Gasteiger partial charge in [-0.05, 0) is 43.9 Å². The van der Waals surface area contributed by atoms with Crippen LogP contribution in [-0.4, -0.2) is 32.5 Å². The molecule has 31 heavy (non-hydrogen) atoms. The molecule has 1 aliphatic rings. The number of hydrogen-bond donors (Lipinski definition) is 2. The molecule has 0 unspecified atom stereocenters. The number of halogens is 1. The number of carbonyl (C=O) groups excluding carboxylic acids is 1. The first-order chi connectivity index (χ1) is 15.0. The molecule has 1 aliphatic carbocycles. The van der Waals surface area contributed by atoms with Crippen LogP contribution in [0.3, 0.4) is 0 Å². The number of nitrogens with zero attached hydrogens (tertiary/aromatic N) is 3. The minimum Gasteiger partial charge on any atom is -0.354 e. The standard InChI is InChI=1S/C23H24FN5O2/c1-15(30)26-17-8-10-18(11-9-17)27-23-25-14-20(24)22(28-23)16-5-4-6-19(13-16)29-12-3-2-7-21(29)31/h2-7,12-14,17-18H,8-11H2,1H3,(H,26,30)(H,25,27,28)/t17-,18-. The van der Waals surface area contributed by atoms with Gasteiger partial charge in [0.05, 0.1) is 6.20 Å². The van der Waals surface area contributed by atoms with Gasteiger partial charge in [-0.25, -0.2) is 14.4 Å². The lowest BCUT2D eigenvalue weighted by Gasteiger charge is -2.29. The zero-order chi connectivity index (χ0) is 21.8. The van der Waals surface area contributed by atoms with E-state index < -0.39 is 5.82 Å². The first-order valence-corrected chi connectivity index (χ1v) is 10.3. The Labute approximate surface area is 179 Å². The molecule has 8 heteroatoms. The normalized spacial score (nSPS) is 18.4. The maximum atomic E-state index is 14.6. The number of rotatable bonds is 5. The molecule has 3 aromatic rings. The number of hydrogen-bond acceptors (Lipinski definition) is 5. The Kier molecular flexibility index (Phi) is 6.06. The summed E-state index contributed by atoms with van der Waals surface area (Å²) in [6.07, 6.45) is 6.32. The van der Waals surface area contributed by atoms with Crippen molar-refractivity contribution in [3.63, 3.8) is 0 Å². The molecular weight excluding hydrogens is 397 g/mol. The molecule has 1 aromatic carbocycles. The van der Waals surface area contributed by atoms with Crippen molar-refractivity contribution in [1.29, 1.82) is 0 Å². The number of pyridine rings is 1. The zero-order valence-electron chi connectivity index (χ0n) is 17.2. The van der Waals surface area contributed by atoms with Crippen molar-refractivity contribution in [3.8, 4) is 16.9 Å². The molecule has 0 bridgehead atoms. The third-order valence-corrected chi connectivity index (χ3v) is 5.43. The molecule has 0 saturated heterocycles. The molecule has 0 radical (unpaired) electrons. The molecule has 1 amide bonds. The first-order valence-electron chi connectivity index (χ1n) is 10.3. The topological polar surface area (TPSA) is 88.9 Å². The lowest BCUT2D eigenvalue weighted by Crippen LogP contribution is -2.39. The number of carbonyl (C=O) groups is 1. The van der Waals surface area contributed by atoms with Crippen molar-refractivity contribution in [2.24, 2.45) is 0 Å². The number of aromatic nitrogens is 3. The van der Waals surface area contributed by atoms with E-state index in [2.05, 4.69) is 20.6 Å². The summed E-state index contributed by atoms with van der Waals surface area (Å²) < 4.78 is 16.1. The fraction of sp³-hybridized carbons (Fsp3) is 0.304. The van der Waals surface area contributed by atoms with E-state index >= 15 is 0 Å². The van der Waals surface area contributed by atoms with Crippen LogP contribution in [0.5, 0.6) is 0 Å². The Morgan fingerprint density at radius 3 is 2.61 bits per heavy atom.